The summed E-state index contributed by atoms with van der Waals surface area (Å²) in [5.74, 6) is 0. The molecule has 56 valence electrons. The fourth-order valence-electron chi connectivity index (χ4n) is 0.281. The molecule has 6 heteroatoms. The Morgan fingerprint density at radius 3 is 1.89 bits per heavy atom. The summed E-state index contributed by atoms with van der Waals surface area (Å²) in [7, 11) is -4.30. The van der Waals surface area contributed by atoms with Crippen LogP contribution in [0.5, 0.6) is 0 Å². The van der Waals surface area contributed by atoms with Crippen molar-refractivity contribution in [1.29, 1.82) is 0 Å². The first-order valence-corrected chi connectivity index (χ1v) is 4.35. The van der Waals surface area contributed by atoms with E-state index in [0.29, 0.717) is 0 Å². The minimum Gasteiger partial charge on any atom is -0.391 e. The van der Waals surface area contributed by atoms with Gasteiger partial charge in [0.25, 0.3) is 0 Å². The molecule has 0 fully saturated rings. The third-order valence-corrected chi connectivity index (χ3v) is 2.92. The minimum absolute atomic E-state index is 1.19. The first kappa shape index (κ1) is 9.40. The smallest absolute Gasteiger partial charge is 0.345 e. The van der Waals surface area contributed by atoms with Crippen molar-refractivity contribution in [2.24, 2.45) is 0 Å². The monoisotopic (exact) mass is 174 g/mol. The number of hydrogen-bond acceptors (Lipinski definition) is 2. The average molecular weight is 175 g/mol. The van der Waals surface area contributed by atoms with Crippen molar-refractivity contribution in [3.8, 4) is 0 Å². The number of aliphatic hydroxyl groups is 1. The van der Waals surface area contributed by atoms with E-state index in [2.05, 4.69) is 0 Å². The maximum atomic E-state index is 10.2. The molecule has 0 aliphatic carbocycles. The summed E-state index contributed by atoms with van der Waals surface area (Å²) in [6.07, 6.45) is -1.19. The summed E-state index contributed by atoms with van der Waals surface area (Å²) in [5, 5.41) is 7.04. The van der Waals surface area contributed by atoms with Crippen molar-refractivity contribution in [3.05, 3.63) is 0 Å². The zero-order chi connectivity index (χ0) is 7.65. The van der Waals surface area contributed by atoms with E-state index in [-0.39, 0.29) is 0 Å². The lowest BCUT2D eigenvalue weighted by Gasteiger charge is -2.12. The van der Waals surface area contributed by atoms with E-state index in [1.807, 2.05) is 0 Å². The van der Waals surface area contributed by atoms with Gasteiger partial charge >= 0.3 is 7.60 Å². The first-order chi connectivity index (χ1) is 3.85. The Labute approximate surface area is 57.6 Å². The van der Waals surface area contributed by atoms with Gasteiger partial charge in [-0.3, -0.25) is 4.57 Å². The second-order valence-corrected chi connectivity index (χ2v) is 4.21. The van der Waals surface area contributed by atoms with E-state index in [1.54, 1.807) is 0 Å². The zero-order valence-corrected chi connectivity index (χ0v) is 6.38. The summed E-state index contributed by atoms with van der Waals surface area (Å²) >= 11 is 5.08. The molecule has 0 saturated carbocycles. The number of alkyl halides is 1. The predicted octanol–water partition coefficient (Wildman–Crippen LogP) is 0.110. The lowest BCUT2D eigenvalue weighted by Crippen LogP contribution is -2.16. The maximum absolute atomic E-state index is 10.2. The van der Waals surface area contributed by atoms with Crippen LogP contribution in [-0.4, -0.2) is 26.1 Å². The van der Waals surface area contributed by atoms with Crippen LogP contribution in [0.2, 0.25) is 0 Å². The second kappa shape index (κ2) is 2.99. The van der Waals surface area contributed by atoms with Crippen molar-refractivity contribution >= 4 is 19.2 Å². The zero-order valence-electron chi connectivity index (χ0n) is 4.73. The summed E-state index contributed by atoms with van der Waals surface area (Å²) < 4.78 is 10.2. The largest absolute Gasteiger partial charge is 0.391 e. The second-order valence-electron chi connectivity index (χ2n) is 1.70. The van der Waals surface area contributed by atoms with E-state index in [9.17, 15) is 4.57 Å². The van der Waals surface area contributed by atoms with Gasteiger partial charge in [0, 0.05) is 0 Å². The summed E-state index contributed by atoms with van der Waals surface area (Å²) in [4.78, 5) is 16.6. The van der Waals surface area contributed by atoms with Gasteiger partial charge in [0.15, 0.2) is 5.12 Å². The molecule has 0 radical (unpaired) electrons. The molecule has 0 aromatic carbocycles. The molecule has 4 nitrogen and oxygen atoms in total. The number of hydrogen-bond donors (Lipinski definition) is 3. The van der Waals surface area contributed by atoms with Gasteiger partial charge in [-0.1, -0.05) is 0 Å². The van der Waals surface area contributed by atoms with Gasteiger partial charge in [-0.2, -0.15) is 0 Å². The molecule has 0 heterocycles. The van der Waals surface area contributed by atoms with Crippen LogP contribution in [0.4, 0.5) is 0 Å². The van der Waals surface area contributed by atoms with E-state index in [4.69, 9.17) is 26.5 Å². The summed E-state index contributed by atoms with van der Waals surface area (Å²) in [6, 6.07) is 0. The fraction of sp³-hybridized carbons (Fsp3) is 1.00. The van der Waals surface area contributed by atoms with Crippen LogP contribution in [-0.2, 0) is 4.57 Å². The molecule has 0 aromatic heterocycles. The molecule has 0 rings (SSSR count). The van der Waals surface area contributed by atoms with Crippen molar-refractivity contribution in [1.82, 2.24) is 0 Å². The number of halogens is 1. The van der Waals surface area contributed by atoms with Crippen molar-refractivity contribution < 1.29 is 19.5 Å². The van der Waals surface area contributed by atoms with Gasteiger partial charge in [-0.25, -0.2) is 0 Å². The molecule has 0 bridgehead atoms. The molecular formula is C3H8ClO4P. The molecular weight excluding hydrogens is 166 g/mol. The Hall–Kier alpha value is 0.400. The van der Waals surface area contributed by atoms with Crippen LogP contribution in [0.15, 0.2) is 0 Å². The molecule has 0 amide bonds. The molecule has 0 aliphatic heterocycles. The van der Waals surface area contributed by atoms with Gasteiger partial charge in [0.05, 0.1) is 6.10 Å². The summed E-state index contributed by atoms with van der Waals surface area (Å²) in [5.41, 5.74) is 0. The Morgan fingerprint density at radius 2 is 1.89 bits per heavy atom. The third kappa shape index (κ3) is 3.18. The van der Waals surface area contributed by atoms with Crippen LogP contribution in [0.25, 0.3) is 0 Å². The van der Waals surface area contributed by atoms with E-state index < -0.39 is 18.8 Å². The number of rotatable bonds is 2. The lowest BCUT2D eigenvalue weighted by molar-refractivity contribution is 0.197. The standard InChI is InChI=1S/C3H8ClO4P/c1-2(5)3(4)9(6,7)8/h2-3,5H,1H3,(H2,6,7,8)/t2-,3+/m0/s1. The van der Waals surface area contributed by atoms with Gasteiger partial charge in [-0.15, -0.1) is 11.6 Å². The van der Waals surface area contributed by atoms with E-state index in [0.717, 1.165) is 0 Å². The molecule has 0 unspecified atom stereocenters. The van der Waals surface area contributed by atoms with Crippen LogP contribution < -0.4 is 0 Å². The third-order valence-electron chi connectivity index (χ3n) is 0.719. The Morgan fingerprint density at radius 1 is 1.56 bits per heavy atom. The quantitative estimate of drug-likeness (QED) is 0.410. The molecule has 0 aromatic rings. The Bertz CT molecular complexity index is 130. The molecule has 3 N–H and O–H groups in total. The van der Waals surface area contributed by atoms with Crippen LogP contribution >= 0.6 is 19.2 Å². The van der Waals surface area contributed by atoms with Crippen LogP contribution in [0, 0.1) is 0 Å². The van der Waals surface area contributed by atoms with Crippen molar-refractivity contribution in [3.63, 3.8) is 0 Å². The molecule has 0 spiro atoms. The molecule has 2 atom stereocenters. The fourth-order valence-corrected chi connectivity index (χ4v) is 0.843. The molecule has 0 saturated heterocycles. The van der Waals surface area contributed by atoms with Gasteiger partial charge in [-0.05, 0) is 6.92 Å². The van der Waals surface area contributed by atoms with E-state index >= 15 is 0 Å². The predicted molar refractivity (Wildman–Crippen MR) is 33.4 cm³/mol. The van der Waals surface area contributed by atoms with Crippen LogP contribution in [0.3, 0.4) is 0 Å². The van der Waals surface area contributed by atoms with Crippen LogP contribution in [0.1, 0.15) is 6.92 Å². The highest BCUT2D eigenvalue weighted by atomic mass is 35.5. The molecule has 0 aliphatic rings. The maximum Gasteiger partial charge on any atom is 0.345 e. The first-order valence-electron chi connectivity index (χ1n) is 2.23. The minimum atomic E-state index is -4.30. The summed E-state index contributed by atoms with van der Waals surface area (Å²) in [6.45, 7) is 1.22. The van der Waals surface area contributed by atoms with Gasteiger partial charge in [0.2, 0.25) is 0 Å². The average Bonchev–Trinajstić information content (AvgIpc) is 1.62. The lowest BCUT2D eigenvalue weighted by atomic mass is 10.5. The SMILES string of the molecule is C[C@H](O)[C@H](Cl)P(=O)(O)O. The van der Waals surface area contributed by atoms with E-state index in [1.165, 1.54) is 6.92 Å². The number of aliphatic hydroxyl groups excluding tert-OH is 1. The highest BCUT2D eigenvalue weighted by Crippen LogP contribution is 2.44. The topological polar surface area (TPSA) is 77.8 Å². The van der Waals surface area contributed by atoms with Gasteiger partial charge < -0.3 is 14.9 Å². The van der Waals surface area contributed by atoms with Gasteiger partial charge in [0.1, 0.15) is 0 Å². The highest BCUT2D eigenvalue weighted by Gasteiger charge is 2.30. The highest BCUT2D eigenvalue weighted by molar-refractivity contribution is 7.54. The van der Waals surface area contributed by atoms with Crippen molar-refractivity contribution in [2.45, 2.75) is 18.1 Å². The molecule has 9 heavy (non-hydrogen) atoms. The Kier molecular flexibility index (Phi) is 3.12. The Balaban J connectivity index is 4.05. The van der Waals surface area contributed by atoms with Crippen molar-refractivity contribution in [2.75, 3.05) is 0 Å². The normalized spacial score (nSPS) is 19.2.